The molecule has 2 aromatic carbocycles. The highest BCUT2D eigenvalue weighted by molar-refractivity contribution is 6.43. The van der Waals surface area contributed by atoms with Crippen molar-refractivity contribution in [1.29, 1.82) is 0 Å². The van der Waals surface area contributed by atoms with Crippen molar-refractivity contribution in [3.8, 4) is 5.75 Å². The summed E-state index contributed by atoms with van der Waals surface area (Å²) in [6.45, 7) is 0. The predicted octanol–water partition coefficient (Wildman–Crippen LogP) is 4.47. The molecule has 0 aliphatic heterocycles. The van der Waals surface area contributed by atoms with Crippen LogP contribution in [0.3, 0.4) is 0 Å². The Morgan fingerprint density at radius 2 is 1.65 bits per heavy atom. The lowest BCUT2D eigenvalue weighted by atomic mass is 10.2. The molecule has 17 heavy (non-hydrogen) atoms. The Morgan fingerprint density at radius 3 is 2.29 bits per heavy atom. The Kier molecular flexibility index (Phi) is 3.46. The SMILES string of the molecule is CN(c1ccc(O)cc1)c1cccc(Cl)c1Cl. The zero-order chi connectivity index (χ0) is 12.4. The van der Waals surface area contributed by atoms with Crippen molar-refractivity contribution in [3.05, 3.63) is 52.5 Å². The second-order valence-electron chi connectivity index (χ2n) is 3.65. The number of phenolic OH excluding ortho intramolecular Hbond substituents is 1. The van der Waals surface area contributed by atoms with Crippen LogP contribution in [0.15, 0.2) is 42.5 Å². The first-order valence-corrected chi connectivity index (χ1v) is 5.82. The van der Waals surface area contributed by atoms with Gasteiger partial charge in [0, 0.05) is 12.7 Å². The molecule has 2 rings (SSSR count). The number of nitrogens with zero attached hydrogens (tertiary/aromatic N) is 1. The maximum Gasteiger partial charge on any atom is 0.115 e. The van der Waals surface area contributed by atoms with Gasteiger partial charge in [0.2, 0.25) is 0 Å². The van der Waals surface area contributed by atoms with Crippen molar-refractivity contribution in [2.75, 3.05) is 11.9 Å². The Balaban J connectivity index is 2.40. The lowest BCUT2D eigenvalue weighted by Gasteiger charge is -2.21. The number of aromatic hydroxyl groups is 1. The summed E-state index contributed by atoms with van der Waals surface area (Å²) < 4.78 is 0. The van der Waals surface area contributed by atoms with Gasteiger partial charge in [-0.15, -0.1) is 0 Å². The molecule has 0 fully saturated rings. The molecule has 1 N–H and O–H groups in total. The molecule has 0 radical (unpaired) electrons. The van der Waals surface area contributed by atoms with E-state index in [1.807, 2.05) is 36.2 Å². The minimum Gasteiger partial charge on any atom is -0.508 e. The van der Waals surface area contributed by atoms with Gasteiger partial charge in [0.25, 0.3) is 0 Å². The van der Waals surface area contributed by atoms with Crippen molar-refractivity contribution in [3.63, 3.8) is 0 Å². The Morgan fingerprint density at radius 1 is 1.00 bits per heavy atom. The average molecular weight is 268 g/mol. The van der Waals surface area contributed by atoms with E-state index in [0.29, 0.717) is 10.0 Å². The largest absolute Gasteiger partial charge is 0.508 e. The monoisotopic (exact) mass is 267 g/mol. The van der Waals surface area contributed by atoms with E-state index in [2.05, 4.69) is 0 Å². The predicted molar refractivity (Wildman–Crippen MR) is 72.6 cm³/mol. The van der Waals surface area contributed by atoms with Crippen molar-refractivity contribution >= 4 is 34.6 Å². The van der Waals surface area contributed by atoms with Gasteiger partial charge in [-0.2, -0.15) is 0 Å². The van der Waals surface area contributed by atoms with E-state index < -0.39 is 0 Å². The number of halogens is 2. The molecule has 2 nitrogen and oxygen atoms in total. The molecule has 88 valence electrons. The second kappa shape index (κ2) is 4.86. The van der Waals surface area contributed by atoms with E-state index >= 15 is 0 Å². The molecule has 0 unspecified atom stereocenters. The minimum absolute atomic E-state index is 0.236. The van der Waals surface area contributed by atoms with E-state index in [0.717, 1.165) is 11.4 Å². The third-order valence-electron chi connectivity index (χ3n) is 2.53. The smallest absolute Gasteiger partial charge is 0.115 e. The maximum absolute atomic E-state index is 9.24. The standard InChI is InChI=1S/C13H11Cl2NO/c1-16(9-5-7-10(17)8-6-9)12-4-2-3-11(14)13(12)15/h2-8,17H,1H3. The molecule has 0 atom stereocenters. The number of anilines is 2. The van der Waals surface area contributed by atoms with Gasteiger partial charge >= 0.3 is 0 Å². The Hall–Kier alpha value is -1.38. The zero-order valence-electron chi connectivity index (χ0n) is 9.19. The minimum atomic E-state index is 0.236. The van der Waals surface area contributed by atoms with Gasteiger partial charge < -0.3 is 10.0 Å². The molecular weight excluding hydrogens is 257 g/mol. The highest BCUT2D eigenvalue weighted by Gasteiger charge is 2.10. The average Bonchev–Trinajstić information content (AvgIpc) is 2.33. The van der Waals surface area contributed by atoms with E-state index in [9.17, 15) is 5.11 Å². The summed E-state index contributed by atoms with van der Waals surface area (Å²) in [5.41, 5.74) is 1.75. The van der Waals surface area contributed by atoms with Gasteiger partial charge in [0.15, 0.2) is 0 Å². The normalized spacial score (nSPS) is 10.3. The van der Waals surface area contributed by atoms with Crippen LogP contribution < -0.4 is 4.90 Å². The van der Waals surface area contributed by atoms with E-state index in [1.54, 1.807) is 18.2 Å². The van der Waals surface area contributed by atoms with Crippen molar-refractivity contribution in [2.45, 2.75) is 0 Å². The van der Waals surface area contributed by atoms with Gasteiger partial charge in [-0.05, 0) is 36.4 Å². The van der Waals surface area contributed by atoms with Crippen molar-refractivity contribution in [2.24, 2.45) is 0 Å². The number of phenols is 1. The molecule has 0 heterocycles. The molecule has 0 spiro atoms. The highest BCUT2D eigenvalue weighted by atomic mass is 35.5. The van der Waals surface area contributed by atoms with Crippen LogP contribution in [-0.4, -0.2) is 12.2 Å². The van der Waals surface area contributed by atoms with Crippen LogP contribution >= 0.6 is 23.2 Å². The van der Waals surface area contributed by atoms with Crippen LogP contribution in [0.1, 0.15) is 0 Å². The lowest BCUT2D eigenvalue weighted by Crippen LogP contribution is -2.09. The fourth-order valence-electron chi connectivity index (χ4n) is 1.57. The molecule has 0 saturated heterocycles. The van der Waals surface area contributed by atoms with Crippen LogP contribution in [0.25, 0.3) is 0 Å². The molecule has 2 aromatic rings. The van der Waals surface area contributed by atoms with Gasteiger partial charge in [-0.1, -0.05) is 29.3 Å². The summed E-state index contributed by atoms with van der Waals surface area (Å²) in [5, 5.41) is 10.3. The van der Waals surface area contributed by atoms with E-state index in [1.165, 1.54) is 0 Å². The Bertz CT molecular complexity index is 525. The van der Waals surface area contributed by atoms with E-state index in [4.69, 9.17) is 23.2 Å². The summed E-state index contributed by atoms with van der Waals surface area (Å²) >= 11 is 12.1. The molecule has 0 bridgehead atoms. The topological polar surface area (TPSA) is 23.5 Å². The molecular formula is C13H11Cl2NO. The first-order chi connectivity index (χ1) is 8.09. The van der Waals surface area contributed by atoms with E-state index in [-0.39, 0.29) is 5.75 Å². The quantitative estimate of drug-likeness (QED) is 0.868. The third-order valence-corrected chi connectivity index (χ3v) is 3.34. The van der Waals surface area contributed by atoms with Crippen LogP contribution in [0.4, 0.5) is 11.4 Å². The van der Waals surface area contributed by atoms with Gasteiger partial charge in [0.1, 0.15) is 5.75 Å². The second-order valence-corrected chi connectivity index (χ2v) is 4.43. The zero-order valence-corrected chi connectivity index (χ0v) is 10.7. The summed E-state index contributed by atoms with van der Waals surface area (Å²) in [5.74, 6) is 0.236. The van der Waals surface area contributed by atoms with Crippen LogP contribution in [-0.2, 0) is 0 Å². The number of benzene rings is 2. The molecule has 0 aromatic heterocycles. The summed E-state index contributed by atoms with van der Waals surface area (Å²) in [6, 6.07) is 12.4. The van der Waals surface area contributed by atoms with Gasteiger partial charge in [-0.3, -0.25) is 0 Å². The van der Waals surface area contributed by atoms with Crippen molar-refractivity contribution < 1.29 is 5.11 Å². The van der Waals surface area contributed by atoms with Crippen LogP contribution in [0, 0.1) is 0 Å². The molecule has 0 aliphatic rings. The maximum atomic E-state index is 9.24. The number of hydrogen-bond acceptors (Lipinski definition) is 2. The third kappa shape index (κ3) is 2.48. The number of rotatable bonds is 2. The highest BCUT2D eigenvalue weighted by Crippen LogP contribution is 2.35. The summed E-state index contributed by atoms with van der Waals surface area (Å²) in [4.78, 5) is 1.91. The van der Waals surface area contributed by atoms with Crippen LogP contribution in [0.2, 0.25) is 10.0 Å². The van der Waals surface area contributed by atoms with Gasteiger partial charge in [-0.25, -0.2) is 0 Å². The molecule has 0 amide bonds. The molecule has 0 aliphatic carbocycles. The van der Waals surface area contributed by atoms with Crippen molar-refractivity contribution in [1.82, 2.24) is 0 Å². The first kappa shape index (κ1) is 12.1. The summed E-state index contributed by atoms with van der Waals surface area (Å²) in [7, 11) is 1.89. The Labute approximate surface area is 110 Å². The summed E-state index contributed by atoms with van der Waals surface area (Å²) in [6.07, 6.45) is 0. The number of hydrogen-bond donors (Lipinski definition) is 1. The fraction of sp³-hybridized carbons (Fsp3) is 0.0769. The molecule has 0 saturated carbocycles. The lowest BCUT2D eigenvalue weighted by molar-refractivity contribution is 0.475. The first-order valence-electron chi connectivity index (χ1n) is 5.06. The fourth-order valence-corrected chi connectivity index (χ4v) is 1.99. The van der Waals surface area contributed by atoms with Crippen LogP contribution in [0.5, 0.6) is 5.75 Å². The van der Waals surface area contributed by atoms with Gasteiger partial charge in [0.05, 0.1) is 15.7 Å². The molecule has 4 heteroatoms.